The van der Waals surface area contributed by atoms with Crippen molar-refractivity contribution in [3.8, 4) is 0 Å². The highest BCUT2D eigenvalue weighted by molar-refractivity contribution is 6.09. The fourth-order valence-electron chi connectivity index (χ4n) is 4.18. The molecule has 1 aromatic heterocycles. The minimum atomic E-state index is -0.817. The third-order valence-electron chi connectivity index (χ3n) is 5.08. The number of amides is 1. The summed E-state index contributed by atoms with van der Waals surface area (Å²) >= 11 is 0. The van der Waals surface area contributed by atoms with Gasteiger partial charge in [0, 0.05) is 28.2 Å². The predicted molar refractivity (Wildman–Crippen MR) is 90.5 cm³/mol. The summed E-state index contributed by atoms with van der Waals surface area (Å²) in [5.74, 6) is -0.00180. The molecule has 114 valence electrons. The number of anilines is 1. The molecule has 2 atom stereocenters. The van der Waals surface area contributed by atoms with Crippen molar-refractivity contribution in [2.45, 2.75) is 24.9 Å². The molecule has 0 saturated heterocycles. The van der Waals surface area contributed by atoms with Crippen LogP contribution >= 0.6 is 0 Å². The molecule has 5 rings (SSSR count). The van der Waals surface area contributed by atoms with Crippen LogP contribution in [-0.2, 0) is 16.8 Å². The first-order valence-electron chi connectivity index (χ1n) is 7.99. The van der Waals surface area contributed by atoms with E-state index in [4.69, 9.17) is 0 Å². The number of rotatable bonds is 0. The van der Waals surface area contributed by atoms with Crippen LogP contribution in [0.4, 0.5) is 5.69 Å². The number of aromatic nitrogens is 1. The molecule has 3 heterocycles. The van der Waals surface area contributed by atoms with E-state index < -0.39 is 5.54 Å². The van der Waals surface area contributed by atoms with Gasteiger partial charge in [0.15, 0.2) is 5.54 Å². The van der Waals surface area contributed by atoms with E-state index in [0.29, 0.717) is 0 Å². The summed E-state index contributed by atoms with van der Waals surface area (Å²) in [5.41, 5.74) is 4.40. The molecule has 0 aliphatic carbocycles. The molecule has 0 bridgehead atoms. The number of hydrogen-bond acceptors (Lipinski definition) is 2. The van der Waals surface area contributed by atoms with Crippen molar-refractivity contribution < 1.29 is 4.79 Å². The van der Waals surface area contributed by atoms with E-state index in [1.54, 1.807) is 0 Å². The molecule has 0 saturated carbocycles. The van der Waals surface area contributed by atoms with E-state index in [-0.39, 0.29) is 11.9 Å². The average Bonchev–Trinajstić information content (AvgIpc) is 3.05. The van der Waals surface area contributed by atoms with Crippen molar-refractivity contribution in [3.05, 3.63) is 65.4 Å². The van der Waals surface area contributed by atoms with Gasteiger partial charge in [0.05, 0.1) is 5.69 Å². The van der Waals surface area contributed by atoms with Gasteiger partial charge in [0.1, 0.15) is 0 Å². The maximum Gasteiger partial charge on any atom is 0.255 e. The highest BCUT2D eigenvalue weighted by Gasteiger charge is 2.53. The Morgan fingerprint density at radius 3 is 2.78 bits per heavy atom. The number of carbonyl (C=O) groups is 1. The van der Waals surface area contributed by atoms with Gasteiger partial charge >= 0.3 is 0 Å². The predicted octanol–water partition coefficient (Wildman–Crippen LogP) is 2.90. The normalized spacial score (nSPS) is 25.4. The van der Waals surface area contributed by atoms with Gasteiger partial charge in [0.25, 0.3) is 5.91 Å². The van der Waals surface area contributed by atoms with E-state index >= 15 is 0 Å². The van der Waals surface area contributed by atoms with Gasteiger partial charge in [-0.05, 0) is 31.0 Å². The van der Waals surface area contributed by atoms with Crippen LogP contribution in [0, 0.1) is 0 Å². The lowest BCUT2D eigenvalue weighted by Gasteiger charge is -2.37. The molecular weight excluding hydrogens is 286 g/mol. The number of para-hydroxylation sites is 2. The smallest absolute Gasteiger partial charge is 0.255 e. The minimum absolute atomic E-state index is 0.00180. The fourth-order valence-corrected chi connectivity index (χ4v) is 4.18. The monoisotopic (exact) mass is 303 g/mol. The first kappa shape index (κ1) is 12.9. The van der Waals surface area contributed by atoms with Crippen molar-refractivity contribution in [3.63, 3.8) is 0 Å². The van der Waals surface area contributed by atoms with E-state index in [1.807, 2.05) is 30.3 Å². The van der Waals surface area contributed by atoms with Gasteiger partial charge in [-0.2, -0.15) is 0 Å². The summed E-state index contributed by atoms with van der Waals surface area (Å²) < 4.78 is 0. The molecule has 4 nitrogen and oxygen atoms in total. The van der Waals surface area contributed by atoms with Gasteiger partial charge in [-0.25, -0.2) is 0 Å². The van der Waals surface area contributed by atoms with Crippen LogP contribution in [-0.4, -0.2) is 16.9 Å². The van der Waals surface area contributed by atoms with Gasteiger partial charge in [0.2, 0.25) is 0 Å². The van der Waals surface area contributed by atoms with Crippen LogP contribution in [0.2, 0.25) is 0 Å². The Morgan fingerprint density at radius 1 is 1.09 bits per heavy atom. The quantitative estimate of drug-likeness (QED) is 0.598. The standard InChI is InChI=1S/C19H17N3O/c1-11-10-13-12-6-2-4-8-15(12)20-17(13)19(22-11)14-7-3-5-9-16(14)21-18(19)23/h2-9,11,20,22H,10H2,1H3,(H,21,23)/t11-,19+/m1/s1. The first-order valence-corrected chi connectivity index (χ1v) is 7.99. The summed E-state index contributed by atoms with van der Waals surface area (Å²) in [4.78, 5) is 16.5. The van der Waals surface area contributed by atoms with Crippen LogP contribution in [0.1, 0.15) is 23.7 Å². The van der Waals surface area contributed by atoms with Gasteiger partial charge in [-0.3, -0.25) is 10.1 Å². The SMILES string of the molecule is C[C@@H]1Cc2c([nH]c3ccccc23)[C@]2(N1)C(=O)Nc1ccccc12. The number of fused-ring (bicyclic) bond motifs is 6. The summed E-state index contributed by atoms with van der Waals surface area (Å²) in [6.45, 7) is 2.14. The van der Waals surface area contributed by atoms with E-state index in [1.165, 1.54) is 10.9 Å². The number of aromatic amines is 1. The average molecular weight is 303 g/mol. The lowest BCUT2D eigenvalue weighted by Crippen LogP contribution is -2.56. The maximum absolute atomic E-state index is 13.0. The van der Waals surface area contributed by atoms with Crippen molar-refractivity contribution in [2.24, 2.45) is 0 Å². The Balaban J connectivity index is 1.88. The Kier molecular flexibility index (Phi) is 2.38. The summed E-state index contributed by atoms with van der Waals surface area (Å²) in [7, 11) is 0. The molecule has 1 spiro atoms. The zero-order valence-electron chi connectivity index (χ0n) is 12.8. The molecular formula is C19H17N3O. The Bertz CT molecular complexity index is 958. The molecule has 2 aliphatic rings. The number of H-pyrrole nitrogens is 1. The van der Waals surface area contributed by atoms with Crippen molar-refractivity contribution in [1.82, 2.24) is 10.3 Å². The lowest BCUT2D eigenvalue weighted by atomic mass is 9.80. The molecule has 3 aromatic rings. The summed E-state index contributed by atoms with van der Waals surface area (Å²) in [6, 6.07) is 16.5. The molecule has 0 fully saturated rings. The molecule has 1 amide bonds. The van der Waals surface area contributed by atoms with Gasteiger partial charge in [-0.15, -0.1) is 0 Å². The number of nitrogens with one attached hydrogen (secondary N) is 3. The number of benzene rings is 2. The Morgan fingerprint density at radius 2 is 1.87 bits per heavy atom. The van der Waals surface area contributed by atoms with Crippen LogP contribution < -0.4 is 10.6 Å². The zero-order valence-corrected chi connectivity index (χ0v) is 12.8. The van der Waals surface area contributed by atoms with Crippen molar-refractivity contribution in [2.75, 3.05) is 5.32 Å². The highest BCUT2D eigenvalue weighted by atomic mass is 16.2. The first-order chi connectivity index (χ1) is 11.2. The second-order valence-corrected chi connectivity index (χ2v) is 6.52. The van der Waals surface area contributed by atoms with Crippen LogP contribution in [0.25, 0.3) is 10.9 Å². The van der Waals surface area contributed by atoms with Crippen LogP contribution in [0.15, 0.2) is 48.5 Å². The fraction of sp³-hybridized carbons (Fsp3) is 0.211. The van der Waals surface area contributed by atoms with Crippen molar-refractivity contribution >= 4 is 22.5 Å². The van der Waals surface area contributed by atoms with Gasteiger partial charge in [-0.1, -0.05) is 36.4 Å². The third kappa shape index (κ3) is 1.51. The summed E-state index contributed by atoms with van der Waals surface area (Å²) in [5, 5.41) is 7.83. The number of carbonyl (C=O) groups excluding carboxylic acids is 1. The molecule has 4 heteroatoms. The maximum atomic E-state index is 13.0. The Labute approximate surface area is 133 Å². The molecule has 0 unspecified atom stereocenters. The largest absolute Gasteiger partial charge is 0.356 e. The Hall–Kier alpha value is -2.59. The summed E-state index contributed by atoms with van der Waals surface area (Å²) in [6.07, 6.45) is 0.913. The van der Waals surface area contributed by atoms with Crippen molar-refractivity contribution in [1.29, 1.82) is 0 Å². The third-order valence-corrected chi connectivity index (χ3v) is 5.08. The van der Waals surface area contributed by atoms with E-state index in [9.17, 15) is 4.79 Å². The minimum Gasteiger partial charge on any atom is -0.356 e. The second kappa shape index (κ2) is 4.24. The topological polar surface area (TPSA) is 56.9 Å². The molecule has 2 aliphatic heterocycles. The zero-order chi connectivity index (χ0) is 15.6. The number of hydrogen-bond donors (Lipinski definition) is 3. The van der Waals surface area contributed by atoms with Crippen LogP contribution in [0.3, 0.4) is 0 Å². The van der Waals surface area contributed by atoms with Gasteiger partial charge < -0.3 is 10.3 Å². The van der Waals surface area contributed by atoms with E-state index in [0.717, 1.165) is 28.9 Å². The lowest BCUT2D eigenvalue weighted by molar-refractivity contribution is -0.121. The molecule has 2 aromatic carbocycles. The molecule has 3 N–H and O–H groups in total. The molecule has 0 radical (unpaired) electrons. The second-order valence-electron chi connectivity index (χ2n) is 6.52. The van der Waals surface area contributed by atoms with Crippen LogP contribution in [0.5, 0.6) is 0 Å². The molecule has 23 heavy (non-hydrogen) atoms. The highest BCUT2D eigenvalue weighted by Crippen LogP contribution is 2.45. The van der Waals surface area contributed by atoms with E-state index in [2.05, 4.69) is 40.7 Å².